The van der Waals surface area contributed by atoms with Crippen LogP contribution in [0.3, 0.4) is 0 Å². The topological polar surface area (TPSA) is 129 Å². The Balaban J connectivity index is 1.75. The van der Waals surface area contributed by atoms with Gasteiger partial charge in [0.05, 0.1) is 23.7 Å². The van der Waals surface area contributed by atoms with Gasteiger partial charge in [0.25, 0.3) is 0 Å². The Bertz CT molecular complexity index is 1120. The van der Waals surface area contributed by atoms with Crippen LogP contribution in [0.2, 0.25) is 0 Å². The molecule has 4 rings (SSSR count). The van der Waals surface area contributed by atoms with Gasteiger partial charge in [-0.2, -0.15) is 5.26 Å². The van der Waals surface area contributed by atoms with Crippen LogP contribution in [0.5, 0.6) is 0 Å². The largest absolute Gasteiger partial charge is 0.395 e. The Morgan fingerprint density at radius 1 is 1.42 bits per heavy atom. The molecular formula is C21H25FN8O. The number of β-amino-alcohol motifs (C(OH)–C–C–N with tert-alkyl or cyclic N) is 1. The number of aromatic nitrogens is 4. The molecule has 0 radical (unpaired) electrons. The summed E-state index contributed by atoms with van der Waals surface area (Å²) in [5.74, 6) is 0.837. The lowest BCUT2D eigenvalue weighted by atomic mass is 10.0. The Morgan fingerprint density at radius 2 is 2.26 bits per heavy atom. The molecule has 2 aromatic heterocycles. The number of aliphatic hydroxyl groups is 1. The van der Waals surface area contributed by atoms with Gasteiger partial charge in [0.15, 0.2) is 0 Å². The Hall–Kier alpha value is -3.29. The van der Waals surface area contributed by atoms with Crippen molar-refractivity contribution in [1.29, 1.82) is 5.26 Å². The highest BCUT2D eigenvalue weighted by Gasteiger charge is 2.27. The maximum absolute atomic E-state index is 14.1. The molecule has 9 nitrogen and oxygen atoms in total. The average molecular weight is 424 g/mol. The number of hydrogen-bond acceptors (Lipinski definition) is 8. The molecule has 31 heavy (non-hydrogen) atoms. The van der Waals surface area contributed by atoms with Gasteiger partial charge in [-0.1, -0.05) is 0 Å². The first-order valence-electron chi connectivity index (χ1n) is 10.3. The predicted octanol–water partition coefficient (Wildman–Crippen LogP) is 2.22. The minimum atomic E-state index is -0.329. The van der Waals surface area contributed by atoms with Crippen LogP contribution in [0.25, 0.3) is 11.0 Å². The SMILES string of the molecule is C[C@H](Nc1ncnc(N)c1C#N)c1nc2ccc(F)cc2n1[C@H]1CCCN(CCO)C1. The van der Waals surface area contributed by atoms with Gasteiger partial charge in [0.1, 0.15) is 41.2 Å². The number of fused-ring (bicyclic) bond motifs is 1. The zero-order valence-corrected chi connectivity index (χ0v) is 17.3. The summed E-state index contributed by atoms with van der Waals surface area (Å²) < 4.78 is 16.2. The summed E-state index contributed by atoms with van der Waals surface area (Å²) in [5, 5.41) is 22.0. The first kappa shape index (κ1) is 21.0. The smallest absolute Gasteiger partial charge is 0.150 e. The van der Waals surface area contributed by atoms with Crippen LogP contribution in [-0.4, -0.2) is 55.8 Å². The van der Waals surface area contributed by atoms with E-state index in [0.29, 0.717) is 17.9 Å². The van der Waals surface area contributed by atoms with Gasteiger partial charge >= 0.3 is 0 Å². The lowest BCUT2D eigenvalue weighted by molar-refractivity contribution is 0.142. The number of benzene rings is 1. The summed E-state index contributed by atoms with van der Waals surface area (Å²) in [6, 6.07) is 6.37. The third-order valence-electron chi connectivity index (χ3n) is 5.67. The molecule has 3 aromatic rings. The van der Waals surface area contributed by atoms with Crippen molar-refractivity contribution in [3.05, 3.63) is 41.7 Å². The van der Waals surface area contributed by atoms with Crippen LogP contribution in [-0.2, 0) is 0 Å². The third-order valence-corrected chi connectivity index (χ3v) is 5.67. The van der Waals surface area contributed by atoms with E-state index in [9.17, 15) is 14.8 Å². The third kappa shape index (κ3) is 4.15. The molecule has 0 aliphatic carbocycles. The second-order valence-electron chi connectivity index (χ2n) is 7.75. The first-order chi connectivity index (χ1) is 15.0. The fraction of sp³-hybridized carbons (Fsp3) is 0.429. The Morgan fingerprint density at radius 3 is 3.03 bits per heavy atom. The zero-order valence-electron chi connectivity index (χ0n) is 17.3. The number of halogens is 1. The molecule has 1 fully saturated rings. The van der Waals surface area contributed by atoms with Crippen LogP contribution in [0, 0.1) is 17.1 Å². The van der Waals surface area contributed by atoms with Crippen molar-refractivity contribution in [3.63, 3.8) is 0 Å². The van der Waals surface area contributed by atoms with Crippen molar-refractivity contribution in [3.8, 4) is 6.07 Å². The highest BCUT2D eigenvalue weighted by molar-refractivity contribution is 5.76. The maximum Gasteiger partial charge on any atom is 0.150 e. The summed E-state index contributed by atoms with van der Waals surface area (Å²) in [5.41, 5.74) is 7.41. The molecule has 0 spiro atoms. The number of nitrogens with two attached hydrogens (primary N) is 1. The normalized spacial score (nSPS) is 18.1. The number of aliphatic hydroxyl groups excluding tert-OH is 1. The lowest BCUT2D eigenvalue weighted by Gasteiger charge is -2.34. The van der Waals surface area contributed by atoms with Gasteiger partial charge in [0, 0.05) is 19.1 Å². The molecule has 10 heteroatoms. The number of hydrogen-bond donors (Lipinski definition) is 3. The number of rotatable bonds is 6. The van der Waals surface area contributed by atoms with E-state index < -0.39 is 0 Å². The highest BCUT2D eigenvalue weighted by atomic mass is 19.1. The first-order valence-corrected chi connectivity index (χ1v) is 10.3. The van der Waals surface area contributed by atoms with Crippen LogP contribution < -0.4 is 11.1 Å². The maximum atomic E-state index is 14.1. The molecule has 2 atom stereocenters. The van der Waals surface area contributed by atoms with Crippen LogP contribution in [0.15, 0.2) is 24.5 Å². The van der Waals surface area contributed by atoms with Gasteiger partial charge in [-0.25, -0.2) is 19.3 Å². The Labute approximate surface area is 179 Å². The highest BCUT2D eigenvalue weighted by Crippen LogP contribution is 2.32. The van der Waals surface area contributed by atoms with E-state index in [2.05, 4.69) is 24.8 Å². The number of nitriles is 1. The van der Waals surface area contributed by atoms with Crippen molar-refractivity contribution >= 4 is 22.7 Å². The fourth-order valence-corrected chi connectivity index (χ4v) is 4.25. The van der Waals surface area contributed by atoms with Gasteiger partial charge in [-0.3, -0.25) is 4.90 Å². The summed E-state index contributed by atoms with van der Waals surface area (Å²) in [7, 11) is 0. The van der Waals surface area contributed by atoms with Crippen LogP contribution in [0.1, 0.15) is 43.2 Å². The number of piperidine rings is 1. The zero-order chi connectivity index (χ0) is 22.0. The molecule has 4 N–H and O–H groups in total. The molecule has 162 valence electrons. The molecule has 1 saturated heterocycles. The molecule has 3 heterocycles. The minimum Gasteiger partial charge on any atom is -0.395 e. The molecule has 1 aliphatic rings. The van der Waals surface area contributed by atoms with E-state index >= 15 is 0 Å². The van der Waals surface area contributed by atoms with E-state index in [4.69, 9.17) is 10.7 Å². The van der Waals surface area contributed by atoms with E-state index in [0.717, 1.165) is 37.3 Å². The van der Waals surface area contributed by atoms with Crippen molar-refractivity contribution in [2.45, 2.75) is 31.8 Å². The molecule has 0 bridgehead atoms. The average Bonchev–Trinajstić information content (AvgIpc) is 3.13. The molecular weight excluding hydrogens is 399 g/mol. The quantitative estimate of drug-likeness (QED) is 0.549. The van der Waals surface area contributed by atoms with Crippen molar-refractivity contribution in [1.82, 2.24) is 24.4 Å². The van der Waals surface area contributed by atoms with Crippen molar-refractivity contribution < 1.29 is 9.50 Å². The van der Waals surface area contributed by atoms with E-state index in [-0.39, 0.29) is 35.9 Å². The van der Waals surface area contributed by atoms with Crippen molar-refractivity contribution in [2.75, 3.05) is 37.3 Å². The minimum absolute atomic E-state index is 0.0808. The number of imidazole rings is 1. The Kier molecular flexibility index (Phi) is 5.97. The molecule has 1 aromatic carbocycles. The predicted molar refractivity (Wildman–Crippen MR) is 115 cm³/mol. The number of nitrogens with zero attached hydrogens (tertiary/aromatic N) is 6. The number of nitrogens with one attached hydrogen (secondary N) is 1. The summed E-state index contributed by atoms with van der Waals surface area (Å²) in [6.07, 6.45) is 3.20. The van der Waals surface area contributed by atoms with Crippen LogP contribution >= 0.6 is 0 Å². The van der Waals surface area contributed by atoms with Gasteiger partial charge in [-0.05, 0) is 44.5 Å². The number of likely N-dealkylation sites (tertiary alicyclic amines) is 1. The van der Waals surface area contributed by atoms with E-state index in [1.807, 2.05) is 13.0 Å². The van der Waals surface area contributed by atoms with Crippen molar-refractivity contribution in [2.24, 2.45) is 0 Å². The second kappa shape index (κ2) is 8.83. The van der Waals surface area contributed by atoms with E-state index in [1.54, 1.807) is 6.07 Å². The van der Waals surface area contributed by atoms with Gasteiger partial charge in [0.2, 0.25) is 0 Å². The number of nitrogen functional groups attached to an aromatic ring is 1. The molecule has 0 unspecified atom stereocenters. The van der Waals surface area contributed by atoms with Crippen LogP contribution in [0.4, 0.5) is 16.0 Å². The molecule has 0 saturated carbocycles. The van der Waals surface area contributed by atoms with Gasteiger partial charge in [-0.15, -0.1) is 0 Å². The summed E-state index contributed by atoms with van der Waals surface area (Å²) in [4.78, 5) is 15.0. The van der Waals surface area contributed by atoms with E-state index in [1.165, 1.54) is 18.5 Å². The summed E-state index contributed by atoms with van der Waals surface area (Å²) >= 11 is 0. The molecule has 1 aliphatic heterocycles. The lowest BCUT2D eigenvalue weighted by Crippen LogP contribution is -2.38. The monoisotopic (exact) mass is 424 g/mol. The van der Waals surface area contributed by atoms with Gasteiger partial charge < -0.3 is 20.7 Å². The second-order valence-corrected chi connectivity index (χ2v) is 7.75. The summed E-state index contributed by atoms with van der Waals surface area (Å²) in [6.45, 7) is 4.29. The standard InChI is InChI=1S/C21H25FN8O/c1-13(27-20-16(10-23)19(24)25-12-26-20)21-28-17-5-4-14(22)9-18(17)30(21)15-3-2-6-29(11-15)7-8-31/h4-5,9,12-13,15,31H,2-3,6-8,11H2,1H3,(H3,24,25,26,27)/t13-,15-/m0/s1. The molecule has 0 amide bonds. The number of anilines is 2. The fourth-order valence-electron chi connectivity index (χ4n) is 4.25.